The minimum atomic E-state index is 0.896. The summed E-state index contributed by atoms with van der Waals surface area (Å²) in [5.41, 5.74) is 6.40. The van der Waals surface area contributed by atoms with Crippen molar-refractivity contribution in [2.45, 2.75) is 20.4 Å². The monoisotopic (exact) mass is 224 g/mol. The lowest BCUT2D eigenvalue weighted by Crippen LogP contribution is -2.16. The largest absolute Gasteiger partial charge is 0.337 e. The summed E-state index contributed by atoms with van der Waals surface area (Å²) < 4.78 is 2.40. The van der Waals surface area contributed by atoms with Crippen LogP contribution in [-0.4, -0.2) is 16.8 Å². The average Bonchev–Trinajstić information content (AvgIpc) is 2.68. The van der Waals surface area contributed by atoms with Crippen LogP contribution in [0.1, 0.15) is 18.2 Å². The fraction of sp³-hybridized carbons (Fsp3) is 0.267. The van der Waals surface area contributed by atoms with E-state index in [1.165, 1.54) is 22.5 Å². The lowest BCUT2D eigenvalue weighted by molar-refractivity contribution is 0.695. The molecule has 0 fully saturated rings. The van der Waals surface area contributed by atoms with E-state index < -0.39 is 0 Å². The van der Waals surface area contributed by atoms with Gasteiger partial charge < -0.3 is 4.57 Å². The Morgan fingerprint density at radius 2 is 1.88 bits per heavy atom. The first-order valence-electron chi connectivity index (χ1n) is 6.04. The van der Waals surface area contributed by atoms with Crippen molar-refractivity contribution in [3.63, 3.8) is 0 Å². The van der Waals surface area contributed by atoms with Crippen LogP contribution >= 0.6 is 0 Å². The van der Waals surface area contributed by atoms with Gasteiger partial charge >= 0.3 is 0 Å². The smallest absolute Gasteiger partial charge is 0.0626 e. The summed E-state index contributed by atoms with van der Waals surface area (Å²) in [6.45, 7) is 6.16. The van der Waals surface area contributed by atoms with Crippen molar-refractivity contribution in [2.75, 3.05) is 6.54 Å². The molecule has 0 unspecified atom stereocenters. The molecular weight excluding hydrogens is 208 g/mol. The molecule has 0 saturated heterocycles. The van der Waals surface area contributed by atoms with E-state index in [4.69, 9.17) is 0 Å². The van der Waals surface area contributed by atoms with Crippen molar-refractivity contribution in [2.24, 2.45) is 4.99 Å². The molecular formula is C15H16N2. The number of benzene rings is 1. The van der Waals surface area contributed by atoms with Gasteiger partial charge in [-0.15, -0.1) is 0 Å². The molecule has 1 aliphatic rings. The Morgan fingerprint density at radius 3 is 2.65 bits per heavy atom. The van der Waals surface area contributed by atoms with Crippen LogP contribution in [0.5, 0.6) is 0 Å². The Bertz CT molecular complexity index is 576. The molecule has 0 saturated carbocycles. The number of hydrogen-bond acceptors (Lipinski definition) is 1. The highest BCUT2D eigenvalue weighted by molar-refractivity contribution is 5.99. The van der Waals surface area contributed by atoms with Gasteiger partial charge in [-0.2, -0.15) is 0 Å². The molecule has 17 heavy (non-hydrogen) atoms. The molecule has 2 aromatic rings. The van der Waals surface area contributed by atoms with Crippen molar-refractivity contribution in [1.82, 2.24) is 4.57 Å². The normalized spacial score (nSPS) is 14.4. The van der Waals surface area contributed by atoms with Crippen LogP contribution in [0, 0.1) is 6.92 Å². The first-order chi connectivity index (χ1) is 8.27. The topological polar surface area (TPSA) is 17.3 Å². The Kier molecular flexibility index (Phi) is 2.36. The average molecular weight is 224 g/mol. The predicted octanol–water partition coefficient (Wildman–Crippen LogP) is 3.29. The Hall–Kier alpha value is -1.83. The number of hydrogen-bond donors (Lipinski definition) is 0. The van der Waals surface area contributed by atoms with Crippen LogP contribution in [0.15, 0.2) is 41.4 Å². The number of aliphatic imine (C=N–C) groups is 1. The van der Waals surface area contributed by atoms with Crippen LogP contribution in [0.3, 0.4) is 0 Å². The lowest BCUT2D eigenvalue weighted by atomic mass is 10.1. The molecule has 3 rings (SSSR count). The third-order valence-electron chi connectivity index (χ3n) is 3.38. The molecule has 0 aliphatic carbocycles. The van der Waals surface area contributed by atoms with E-state index in [0.717, 1.165) is 18.8 Å². The maximum Gasteiger partial charge on any atom is 0.0626 e. The molecule has 1 aromatic carbocycles. The summed E-state index contributed by atoms with van der Waals surface area (Å²) in [4.78, 5) is 4.52. The lowest BCUT2D eigenvalue weighted by Gasteiger charge is -2.17. The van der Waals surface area contributed by atoms with E-state index >= 15 is 0 Å². The molecule has 0 spiro atoms. The summed E-state index contributed by atoms with van der Waals surface area (Å²) in [7, 11) is 0. The number of fused-ring (bicyclic) bond motifs is 1. The maximum absolute atomic E-state index is 4.52. The van der Waals surface area contributed by atoms with E-state index in [1.807, 2.05) is 0 Å². The second-order valence-electron chi connectivity index (χ2n) is 4.55. The van der Waals surface area contributed by atoms with Crippen molar-refractivity contribution in [3.8, 4) is 11.3 Å². The Morgan fingerprint density at radius 1 is 1.12 bits per heavy atom. The van der Waals surface area contributed by atoms with Gasteiger partial charge in [0.05, 0.1) is 23.6 Å². The van der Waals surface area contributed by atoms with E-state index in [2.05, 4.69) is 59.8 Å². The quantitative estimate of drug-likeness (QED) is 0.707. The highest BCUT2D eigenvalue weighted by Gasteiger charge is 2.17. The molecule has 0 N–H and O–H groups in total. The highest BCUT2D eigenvalue weighted by Crippen LogP contribution is 2.28. The third-order valence-corrected chi connectivity index (χ3v) is 3.38. The van der Waals surface area contributed by atoms with E-state index in [0.29, 0.717) is 0 Å². The van der Waals surface area contributed by atoms with Crippen LogP contribution in [0.2, 0.25) is 0 Å². The summed E-state index contributed by atoms with van der Waals surface area (Å²) >= 11 is 0. The predicted molar refractivity (Wildman–Crippen MR) is 71.7 cm³/mol. The summed E-state index contributed by atoms with van der Waals surface area (Å²) in [5.74, 6) is 0. The molecule has 0 bridgehead atoms. The summed E-state index contributed by atoms with van der Waals surface area (Å²) in [6.07, 6.45) is 0. The first kappa shape index (κ1) is 10.3. The van der Waals surface area contributed by atoms with Gasteiger partial charge in [-0.05, 0) is 31.0 Å². The Labute approximate surface area is 102 Å². The van der Waals surface area contributed by atoms with E-state index in [1.54, 1.807) is 0 Å². The van der Waals surface area contributed by atoms with Crippen molar-refractivity contribution >= 4 is 5.71 Å². The fourth-order valence-electron chi connectivity index (χ4n) is 2.59. The third kappa shape index (κ3) is 1.60. The van der Waals surface area contributed by atoms with Gasteiger partial charge in [-0.25, -0.2) is 0 Å². The molecule has 2 heterocycles. The van der Waals surface area contributed by atoms with Crippen LogP contribution in [0.25, 0.3) is 11.3 Å². The maximum atomic E-state index is 4.52. The number of nitrogens with zero attached hydrogens (tertiary/aromatic N) is 2. The van der Waals surface area contributed by atoms with Gasteiger partial charge in [-0.3, -0.25) is 4.99 Å². The van der Waals surface area contributed by atoms with Gasteiger partial charge in [0, 0.05) is 6.54 Å². The zero-order valence-electron chi connectivity index (χ0n) is 10.3. The molecule has 0 amide bonds. The fourth-order valence-corrected chi connectivity index (χ4v) is 2.59. The van der Waals surface area contributed by atoms with Crippen LogP contribution in [0.4, 0.5) is 0 Å². The second-order valence-corrected chi connectivity index (χ2v) is 4.55. The second kappa shape index (κ2) is 3.88. The molecule has 1 aromatic heterocycles. The van der Waals surface area contributed by atoms with Crippen molar-refractivity contribution in [3.05, 3.63) is 47.7 Å². The molecule has 1 aliphatic heterocycles. The zero-order valence-corrected chi connectivity index (χ0v) is 10.3. The standard InChI is InChI=1S/C15H16N2/c1-11-10-14-12(2)16-8-9-17(14)15(11)13-6-4-3-5-7-13/h3-7,10H,8-9H2,1-2H3. The summed E-state index contributed by atoms with van der Waals surface area (Å²) in [5, 5.41) is 0. The van der Waals surface area contributed by atoms with E-state index in [-0.39, 0.29) is 0 Å². The van der Waals surface area contributed by atoms with Crippen LogP contribution < -0.4 is 0 Å². The molecule has 2 nitrogen and oxygen atoms in total. The highest BCUT2D eigenvalue weighted by atomic mass is 15.1. The minimum absolute atomic E-state index is 0.896. The SMILES string of the molecule is CC1=NCCn2c1cc(C)c2-c1ccccc1. The first-order valence-corrected chi connectivity index (χ1v) is 6.04. The molecule has 0 radical (unpaired) electrons. The summed E-state index contributed by atoms with van der Waals surface area (Å²) in [6, 6.07) is 12.9. The Balaban J connectivity index is 2.22. The van der Waals surface area contributed by atoms with Gasteiger partial charge in [0.2, 0.25) is 0 Å². The minimum Gasteiger partial charge on any atom is -0.337 e. The van der Waals surface area contributed by atoms with Crippen LogP contribution in [-0.2, 0) is 6.54 Å². The van der Waals surface area contributed by atoms with Gasteiger partial charge in [0.1, 0.15) is 0 Å². The van der Waals surface area contributed by atoms with E-state index in [9.17, 15) is 0 Å². The number of aryl methyl sites for hydroxylation is 1. The zero-order chi connectivity index (χ0) is 11.8. The van der Waals surface area contributed by atoms with Gasteiger partial charge in [0.15, 0.2) is 0 Å². The van der Waals surface area contributed by atoms with Gasteiger partial charge in [-0.1, -0.05) is 30.3 Å². The number of aromatic nitrogens is 1. The van der Waals surface area contributed by atoms with Crippen molar-refractivity contribution in [1.29, 1.82) is 0 Å². The van der Waals surface area contributed by atoms with Crippen molar-refractivity contribution < 1.29 is 0 Å². The van der Waals surface area contributed by atoms with Gasteiger partial charge in [0.25, 0.3) is 0 Å². The molecule has 2 heteroatoms. The molecule has 0 atom stereocenters. The number of rotatable bonds is 1. The molecule has 86 valence electrons.